The van der Waals surface area contributed by atoms with Crippen LogP contribution in [-0.2, 0) is 0 Å². The van der Waals surface area contributed by atoms with Gasteiger partial charge in [-0.05, 0) is 6.07 Å². The number of nitrogens with two attached hydrogens (primary N) is 1. The molecule has 1 heterocycles. The minimum Gasteiger partial charge on any atom is -0.404 e. The first-order chi connectivity index (χ1) is 6.79. The van der Waals surface area contributed by atoms with Crippen molar-refractivity contribution in [2.45, 2.75) is 12.8 Å². The van der Waals surface area contributed by atoms with E-state index in [2.05, 4.69) is 9.72 Å². The van der Waals surface area contributed by atoms with Crippen LogP contribution in [0.3, 0.4) is 0 Å². The van der Waals surface area contributed by atoms with Gasteiger partial charge in [-0.15, -0.1) is 13.2 Å². The normalized spacial score (nSPS) is 11.9. The standard InChI is InChI=1S/C7H5F5N2O/c8-5(9)4-1-3(2-14-6(4)13)15-7(10,11)12/h1-2,5H,(H2,13,14). The number of nitrogen functional groups attached to an aromatic ring is 1. The maximum absolute atomic E-state index is 12.2. The molecule has 0 atom stereocenters. The number of halogens is 5. The average Bonchev–Trinajstić information content (AvgIpc) is 2.05. The van der Waals surface area contributed by atoms with Crippen LogP contribution in [0, 0.1) is 0 Å². The quantitative estimate of drug-likeness (QED) is 0.791. The molecule has 0 aliphatic carbocycles. The predicted molar refractivity (Wildman–Crippen MR) is 40.3 cm³/mol. The molecule has 0 spiro atoms. The first kappa shape index (κ1) is 11.5. The van der Waals surface area contributed by atoms with Crippen LogP contribution in [0.5, 0.6) is 5.75 Å². The van der Waals surface area contributed by atoms with Crippen LogP contribution in [-0.4, -0.2) is 11.3 Å². The highest BCUT2D eigenvalue weighted by Crippen LogP contribution is 2.29. The van der Waals surface area contributed by atoms with Crippen molar-refractivity contribution in [1.29, 1.82) is 0 Å². The lowest BCUT2D eigenvalue weighted by atomic mass is 10.2. The lowest BCUT2D eigenvalue weighted by Gasteiger charge is -2.10. The number of hydrogen-bond acceptors (Lipinski definition) is 3. The van der Waals surface area contributed by atoms with Crippen molar-refractivity contribution in [2.75, 3.05) is 5.73 Å². The van der Waals surface area contributed by atoms with Gasteiger partial charge in [-0.3, -0.25) is 0 Å². The maximum atomic E-state index is 12.2. The van der Waals surface area contributed by atoms with Crippen molar-refractivity contribution >= 4 is 5.82 Å². The second-order valence-electron chi connectivity index (χ2n) is 2.49. The lowest BCUT2D eigenvalue weighted by Crippen LogP contribution is -2.17. The molecule has 1 aromatic heterocycles. The first-order valence-corrected chi connectivity index (χ1v) is 3.59. The highest BCUT2D eigenvalue weighted by molar-refractivity contribution is 5.43. The highest BCUT2D eigenvalue weighted by atomic mass is 19.4. The fraction of sp³-hybridized carbons (Fsp3) is 0.286. The smallest absolute Gasteiger partial charge is 0.404 e. The van der Waals surface area contributed by atoms with Crippen molar-refractivity contribution in [3.63, 3.8) is 0 Å². The molecule has 2 N–H and O–H groups in total. The van der Waals surface area contributed by atoms with Crippen LogP contribution in [0.2, 0.25) is 0 Å². The van der Waals surface area contributed by atoms with Gasteiger partial charge in [0.05, 0.1) is 11.8 Å². The second-order valence-corrected chi connectivity index (χ2v) is 2.49. The van der Waals surface area contributed by atoms with Gasteiger partial charge in [0.15, 0.2) is 0 Å². The lowest BCUT2D eigenvalue weighted by molar-refractivity contribution is -0.274. The van der Waals surface area contributed by atoms with E-state index < -0.39 is 29.9 Å². The molecule has 0 aliphatic rings. The predicted octanol–water partition coefficient (Wildman–Crippen LogP) is 2.50. The molecule has 1 rings (SSSR count). The number of aromatic nitrogens is 1. The molecular weight excluding hydrogens is 223 g/mol. The molecule has 0 bridgehead atoms. The van der Waals surface area contributed by atoms with Crippen LogP contribution in [0.4, 0.5) is 27.8 Å². The van der Waals surface area contributed by atoms with Crippen LogP contribution < -0.4 is 10.5 Å². The summed E-state index contributed by atoms with van der Waals surface area (Å²) in [6, 6.07) is 0.500. The molecule has 0 amide bonds. The van der Waals surface area contributed by atoms with Gasteiger partial charge in [0.25, 0.3) is 6.43 Å². The number of anilines is 1. The summed E-state index contributed by atoms with van der Waals surface area (Å²) < 4.78 is 62.9. The maximum Gasteiger partial charge on any atom is 0.573 e. The second kappa shape index (κ2) is 3.87. The van der Waals surface area contributed by atoms with Gasteiger partial charge in [-0.25, -0.2) is 13.8 Å². The van der Waals surface area contributed by atoms with Crippen LogP contribution >= 0.6 is 0 Å². The zero-order chi connectivity index (χ0) is 11.6. The van der Waals surface area contributed by atoms with E-state index in [9.17, 15) is 22.0 Å². The van der Waals surface area contributed by atoms with E-state index in [0.29, 0.717) is 12.3 Å². The van der Waals surface area contributed by atoms with Crippen molar-refractivity contribution in [3.05, 3.63) is 17.8 Å². The highest BCUT2D eigenvalue weighted by Gasteiger charge is 2.31. The van der Waals surface area contributed by atoms with E-state index in [1.807, 2.05) is 0 Å². The number of nitrogens with zero attached hydrogens (tertiary/aromatic N) is 1. The largest absolute Gasteiger partial charge is 0.573 e. The topological polar surface area (TPSA) is 48.1 Å². The van der Waals surface area contributed by atoms with Crippen molar-refractivity contribution in [1.82, 2.24) is 4.98 Å². The molecular formula is C7H5F5N2O. The van der Waals surface area contributed by atoms with E-state index in [0.717, 1.165) is 0 Å². The number of hydrogen-bond donors (Lipinski definition) is 1. The Bertz CT molecular complexity index is 352. The number of alkyl halides is 5. The molecule has 1 aromatic rings. The summed E-state index contributed by atoms with van der Waals surface area (Å²) in [7, 11) is 0. The molecule has 0 aliphatic heterocycles. The van der Waals surface area contributed by atoms with E-state index in [1.54, 1.807) is 0 Å². The Labute approximate surface area is 80.7 Å². The van der Waals surface area contributed by atoms with Crippen LogP contribution in [0.15, 0.2) is 12.3 Å². The summed E-state index contributed by atoms with van der Waals surface area (Å²) in [4.78, 5) is 3.16. The molecule has 0 aromatic carbocycles. The summed E-state index contributed by atoms with van der Waals surface area (Å²) in [5.41, 5.74) is 4.23. The summed E-state index contributed by atoms with van der Waals surface area (Å²) in [6.07, 6.45) is -7.33. The van der Waals surface area contributed by atoms with Gasteiger partial charge in [-0.2, -0.15) is 0 Å². The van der Waals surface area contributed by atoms with Crippen LogP contribution in [0.1, 0.15) is 12.0 Å². The third-order valence-electron chi connectivity index (χ3n) is 1.39. The Hall–Kier alpha value is -1.60. The minimum atomic E-state index is -4.95. The number of rotatable bonds is 2. The number of pyridine rings is 1. The third kappa shape index (κ3) is 3.22. The Morgan fingerprint density at radius 1 is 1.33 bits per heavy atom. The molecule has 3 nitrogen and oxygen atoms in total. The van der Waals surface area contributed by atoms with Gasteiger partial charge in [0.2, 0.25) is 0 Å². The average molecular weight is 228 g/mol. The molecule has 8 heteroatoms. The summed E-state index contributed by atoms with van der Waals surface area (Å²) in [5.74, 6) is -1.36. The minimum absolute atomic E-state index is 0.500. The Balaban J connectivity index is 2.98. The summed E-state index contributed by atoms with van der Waals surface area (Å²) >= 11 is 0. The first-order valence-electron chi connectivity index (χ1n) is 3.59. The van der Waals surface area contributed by atoms with E-state index in [1.165, 1.54) is 0 Å². The molecule has 0 fully saturated rings. The summed E-state index contributed by atoms with van der Waals surface area (Å²) in [6.45, 7) is 0. The number of ether oxygens (including phenoxy) is 1. The van der Waals surface area contributed by atoms with Gasteiger partial charge in [0, 0.05) is 0 Å². The van der Waals surface area contributed by atoms with Gasteiger partial charge < -0.3 is 10.5 Å². The van der Waals surface area contributed by atoms with Gasteiger partial charge >= 0.3 is 6.36 Å². The van der Waals surface area contributed by atoms with E-state index >= 15 is 0 Å². The van der Waals surface area contributed by atoms with Gasteiger partial charge in [-0.1, -0.05) is 0 Å². The van der Waals surface area contributed by atoms with E-state index in [4.69, 9.17) is 5.73 Å². The molecule has 0 radical (unpaired) electrons. The SMILES string of the molecule is Nc1ncc(OC(F)(F)F)cc1C(F)F. The molecule has 84 valence electrons. The van der Waals surface area contributed by atoms with Gasteiger partial charge in [0.1, 0.15) is 11.6 Å². The fourth-order valence-electron chi connectivity index (χ4n) is 0.836. The monoisotopic (exact) mass is 228 g/mol. The zero-order valence-corrected chi connectivity index (χ0v) is 7.05. The molecule has 0 unspecified atom stereocenters. The van der Waals surface area contributed by atoms with Crippen LogP contribution in [0.25, 0.3) is 0 Å². The Morgan fingerprint density at radius 2 is 1.93 bits per heavy atom. The van der Waals surface area contributed by atoms with Crippen molar-refractivity contribution in [3.8, 4) is 5.75 Å². The molecule has 0 saturated heterocycles. The van der Waals surface area contributed by atoms with Crippen molar-refractivity contribution < 1.29 is 26.7 Å². The third-order valence-corrected chi connectivity index (χ3v) is 1.39. The Morgan fingerprint density at radius 3 is 2.40 bits per heavy atom. The Kier molecular flexibility index (Phi) is 2.96. The molecule has 0 saturated carbocycles. The van der Waals surface area contributed by atoms with E-state index in [-0.39, 0.29) is 0 Å². The fourth-order valence-corrected chi connectivity index (χ4v) is 0.836. The molecule has 15 heavy (non-hydrogen) atoms. The summed E-state index contributed by atoms with van der Waals surface area (Å²) in [5, 5.41) is 0. The van der Waals surface area contributed by atoms with Crippen molar-refractivity contribution in [2.24, 2.45) is 0 Å². The zero-order valence-electron chi connectivity index (χ0n) is 7.05.